The zero-order valence-electron chi connectivity index (χ0n) is 15.6. The first-order valence-corrected chi connectivity index (χ1v) is 8.62. The molecule has 0 aromatic heterocycles. The maximum absolute atomic E-state index is 12.6. The van der Waals surface area contributed by atoms with Crippen LogP contribution in [-0.2, 0) is 4.79 Å². The van der Waals surface area contributed by atoms with Gasteiger partial charge in [-0.15, -0.1) is 0 Å². The Kier molecular flexibility index (Phi) is 6.45. The molecule has 2 aromatic rings. The number of rotatable bonds is 7. The van der Waals surface area contributed by atoms with Gasteiger partial charge in [0, 0.05) is 0 Å². The molecule has 0 aliphatic rings. The summed E-state index contributed by atoms with van der Waals surface area (Å²) in [6.45, 7) is 7.94. The quantitative estimate of drug-likeness (QED) is 0.814. The van der Waals surface area contributed by atoms with E-state index >= 15 is 0 Å². The Bertz CT molecular complexity index is 710. The zero-order valence-corrected chi connectivity index (χ0v) is 15.6. The van der Waals surface area contributed by atoms with Crippen molar-refractivity contribution in [1.82, 2.24) is 5.32 Å². The van der Waals surface area contributed by atoms with Crippen molar-refractivity contribution in [3.63, 3.8) is 0 Å². The van der Waals surface area contributed by atoms with Gasteiger partial charge in [-0.05, 0) is 56.5 Å². The third-order valence-corrected chi connectivity index (χ3v) is 4.24. The predicted octanol–water partition coefficient (Wildman–Crippen LogP) is 4.35. The summed E-state index contributed by atoms with van der Waals surface area (Å²) >= 11 is 0. The molecule has 0 radical (unpaired) electrons. The number of aryl methyl sites for hydroxylation is 2. The third kappa shape index (κ3) is 4.99. The first kappa shape index (κ1) is 18.8. The minimum atomic E-state index is -0.512. The number of hydrogen-bond acceptors (Lipinski definition) is 3. The van der Waals surface area contributed by atoms with E-state index in [1.807, 2.05) is 64.1 Å². The van der Waals surface area contributed by atoms with E-state index in [0.717, 1.165) is 22.6 Å². The van der Waals surface area contributed by atoms with Crippen LogP contribution in [0.1, 0.15) is 43.0 Å². The van der Waals surface area contributed by atoms with Crippen LogP contribution in [0, 0.1) is 13.8 Å². The predicted molar refractivity (Wildman–Crippen MR) is 100 cm³/mol. The van der Waals surface area contributed by atoms with E-state index in [9.17, 15) is 4.79 Å². The van der Waals surface area contributed by atoms with E-state index in [1.165, 1.54) is 5.56 Å². The smallest absolute Gasteiger partial charge is 0.261 e. The van der Waals surface area contributed by atoms with Gasteiger partial charge in [-0.2, -0.15) is 0 Å². The molecule has 0 unspecified atom stereocenters. The molecule has 1 N–H and O–H groups in total. The van der Waals surface area contributed by atoms with Crippen LogP contribution in [0.25, 0.3) is 0 Å². The van der Waals surface area contributed by atoms with Gasteiger partial charge >= 0.3 is 0 Å². The summed E-state index contributed by atoms with van der Waals surface area (Å²) in [5, 5.41) is 3.03. The van der Waals surface area contributed by atoms with Gasteiger partial charge in [0.05, 0.1) is 13.2 Å². The van der Waals surface area contributed by atoms with Crippen LogP contribution in [0.15, 0.2) is 42.5 Å². The molecule has 0 aliphatic heterocycles. The third-order valence-electron chi connectivity index (χ3n) is 4.24. The highest BCUT2D eigenvalue weighted by molar-refractivity contribution is 5.81. The SMILES string of the molecule is CC[C@@H](Oc1ccc(C)cc1C)C(=O)N[C@H](C)c1ccc(OC)cc1. The van der Waals surface area contributed by atoms with Gasteiger partial charge < -0.3 is 14.8 Å². The number of methoxy groups -OCH3 is 1. The lowest BCUT2D eigenvalue weighted by Gasteiger charge is -2.22. The Hall–Kier alpha value is -2.49. The zero-order chi connectivity index (χ0) is 18.4. The molecule has 4 heteroatoms. The second kappa shape index (κ2) is 8.56. The lowest BCUT2D eigenvalue weighted by atomic mass is 10.1. The molecule has 25 heavy (non-hydrogen) atoms. The Balaban J connectivity index is 2.03. The molecule has 2 rings (SSSR count). The summed E-state index contributed by atoms with van der Waals surface area (Å²) in [7, 11) is 1.64. The second-order valence-corrected chi connectivity index (χ2v) is 6.29. The molecule has 1 amide bonds. The highest BCUT2D eigenvalue weighted by Gasteiger charge is 2.21. The molecule has 4 nitrogen and oxygen atoms in total. The molecular weight excluding hydrogens is 314 g/mol. The van der Waals surface area contributed by atoms with Gasteiger partial charge in [0.15, 0.2) is 6.10 Å². The van der Waals surface area contributed by atoms with Gasteiger partial charge in [0.2, 0.25) is 0 Å². The molecule has 0 aliphatic carbocycles. The summed E-state index contributed by atoms with van der Waals surface area (Å²) in [6, 6.07) is 13.6. The normalized spacial score (nSPS) is 13.0. The van der Waals surface area contributed by atoms with Crippen molar-refractivity contribution in [1.29, 1.82) is 0 Å². The van der Waals surface area contributed by atoms with E-state index in [4.69, 9.17) is 9.47 Å². The number of carbonyl (C=O) groups is 1. The van der Waals surface area contributed by atoms with Gasteiger partial charge in [-0.3, -0.25) is 4.79 Å². The largest absolute Gasteiger partial charge is 0.497 e. The highest BCUT2D eigenvalue weighted by atomic mass is 16.5. The average Bonchev–Trinajstić information content (AvgIpc) is 2.61. The molecule has 0 saturated carbocycles. The molecule has 0 heterocycles. The average molecular weight is 341 g/mol. The van der Waals surface area contributed by atoms with Crippen molar-refractivity contribution in [2.24, 2.45) is 0 Å². The Morgan fingerprint density at radius 1 is 1.12 bits per heavy atom. The molecule has 0 fully saturated rings. The maximum atomic E-state index is 12.6. The van der Waals surface area contributed by atoms with Crippen LogP contribution < -0.4 is 14.8 Å². The Morgan fingerprint density at radius 2 is 1.80 bits per heavy atom. The van der Waals surface area contributed by atoms with E-state index in [0.29, 0.717) is 6.42 Å². The van der Waals surface area contributed by atoms with Crippen LogP contribution in [-0.4, -0.2) is 19.1 Å². The molecule has 134 valence electrons. The Labute approximate surface area is 150 Å². The van der Waals surface area contributed by atoms with Crippen LogP contribution in [0.2, 0.25) is 0 Å². The first-order valence-electron chi connectivity index (χ1n) is 8.62. The minimum absolute atomic E-state index is 0.102. The second-order valence-electron chi connectivity index (χ2n) is 6.29. The monoisotopic (exact) mass is 341 g/mol. The summed E-state index contributed by atoms with van der Waals surface area (Å²) in [5.74, 6) is 1.45. The molecule has 0 spiro atoms. The van der Waals surface area contributed by atoms with Gasteiger partial charge in [0.25, 0.3) is 5.91 Å². The summed E-state index contributed by atoms with van der Waals surface area (Å²) in [5.41, 5.74) is 3.24. The fraction of sp³-hybridized carbons (Fsp3) is 0.381. The fourth-order valence-electron chi connectivity index (χ4n) is 2.69. The van der Waals surface area contributed by atoms with Crippen molar-refractivity contribution in [2.45, 2.75) is 46.3 Å². The van der Waals surface area contributed by atoms with Gasteiger partial charge in [-0.1, -0.05) is 36.8 Å². The van der Waals surface area contributed by atoms with Crippen LogP contribution >= 0.6 is 0 Å². The van der Waals surface area contributed by atoms with Crippen molar-refractivity contribution in [2.75, 3.05) is 7.11 Å². The number of ether oxygens (including phenoxy) is 2. The number of carbonyl (C=O) groups excluding carboxylic acids is 1. The first-order chi connectivity index (χ1) is 11.9. The van der Waals surface area contributed by atoms with Crippen molar-refractivity contribution in [3.05, 3.63) is 59.2 Å². The summed E-state index contributed by atoms with van der Waals surface area (Å²) in [4.78, 5) is 12.6. The number of hydrogen-bond donors (Lipinski definition) is 1. The lowest BCUT2D eigenvalue weighted by molar-refractivity contribution is -0.128. The number of benzene rings is 2. The minimum Gasteiger partial charge on any atom is -0.497 e. The number of amides is 1. The summed E-state index contributed by atoms with van der Waals surface area (Å²) < 4.78 is 11.1. The number of nitrogens with one attached hydrogen (secondary N) is 1. The van der Waals surface area contributed by atoms with Crippen molar-refractivity contribution in [3.8, 4) is 11.5 Å². The topological polar surface area (TPSA) is 47.6 Å². The van der Waals surface area contributed by atoms with E-state index in [2.05, 4.69) is 11.4 Å². The van der Waals surface area contributed by atoms with Crippen LogP contribution in [0.5, 0.6) is 11.5 Å². The maximum Gasteiger partial charge on any atom is 0.261 e. The molecule has 2 atom stereocenters. The standard InChI is InChI=1S/C21H27NO3/c1-6-19(25-20-12-7-14(2)13-15(20)3)21(23)22-16(4)17-8-10-18(24-5)11-9-17/h7-13,16,19H,6H2,1-5H3,(H,22,23)/t16-,19-/m1/s1. The van der Waals surface area contributed by atoms with E-state index in [1.54, 1.807) is 7.11 Å². The molecular formula is C21H27NO3. The molecule has 0 bridgehead atoms. The van der Waals surface area contributed by atoms with Crippen LogP contribution in [0.3, 0.4) is 0 Å². The van der Waals surface area contributed by atoms with Crippen molar-refractivity contribution >= 4 is 5.91 Å². The summed E-state index contributed by atoms with van der Waals surface area (Å²) in [6.07, 6.45) is 0.0937. The van der Waals surface area contributed by atoms with Gasteiger partial charge in [-0.25, -0.2) is 0 Å². The molecule has 2 aromatic carbocycles. The Morgan fingerprint density at radius 3 is 2.36 bits per heavy atom. The van der Waals surface area contributed by atoms with E-state index < -0.39 is 6.10 Å². The van der Waals surface area contributed by atoms with Crippen molar-refractivity contribution < 1.29 is 14.3 Å². The highest BCUT2D eigenvalue weighted by Crippen LogP contribution is 2.22. The lowest BCUT2D eigenvalue weighted by Crippen LogP contribution is -2.39. The molecule has 0 saturated heterocycles. The van der Waals surface area contributed by atoms with Crippen LogP contribution in [0.4, 0.5) is 0 Å². The van der Waals surface area contributed by atoms with Gasteiger partial charge in [0.1, 0.15) is 11.5 Å². The fourth-order valence-corrected chi connectivity index (χ4v) is 2.69. The van der Waals surface area contributed by atoms with E-state index in [-0.39, 0.29) is 11.9 Å².